The molecule has 24 heavy (non-hydrogen) atoms. The second-order valence-electron chi connectivity index (χ2n) is 6.61. The van der Waals surface area contributed by atoms with Crippen LogP contribution in [0.3, 0.4) is 0 Å². The number of hydrogen-bond donors (Lipinski definition) is 2. The maximum atomic E-state index is 12.8. The molecule has 1 aromatic carbocycles. The summed E-state index contributed by atoms with van der Waals surface area (Å²) in [6.45, 7) is 2.03. The molecule has 128 valence electrons. The third-order valence-electron chi connectivity index (χ3n) is 5.10. The van der Waals surface area contributed by atoms with Crippen LogP contribution in [0.1, 0.15) is 36.5 Å². The summed E-state index contributed by atoms with van der Waals surface area (Å²) in [4.78, 5) is 37.3. The third-order valence-corrected chi connectivity index (χ3v) is 5.43. The zero-order chi connectivity index (χ0) is 17.5. The van der Waals surface area contributed by atoms with E-state index in [9.17, 15) is 19.5 Å². The van der Waals surface area contributed by atoms with Gasteiger partial charge >= 0.3 is 5.97 Å². The average Bonchev–Trinajstić information content (AvgIpc) is 3.06. The number of rotatable bonds is 3. The quantitative estimate of drug-likeness (QED) is 0.877. The number of hydrogen-bond acceptors (Lipinski definition) is 3. The molecule has 1 aliphatic carbocycles. The Balaban J connectivity index is 1.85. The van der Waals surface area contributed by atoms with E-state index >= 15 is 0 Å². The summed E-state index contributed by atoms with van der Waals surface area (Å²) < 4.78 is 0. The third kappa shape index (κ3) is 2.75. The highest BCUT2D eigenvalue weighted by molar-refractivity contribution is 6.34. The first-order valence-corrected chi connectivity index (χ1v) is 8.31. The highest BCUT2D eigenvalue weighted by Crippen LogP contribution is 2.49. The molecule has 1 aromatic rings. The minimum absolute atomic E-state index is 0.00347. The van der Waals surface area contributed by atoms with E-state index in [4.69, 9.17) is 11.6 Å². The van der Waals surface area contributed by atoms with Crippen molar-refractivity contribution in [3.8, 4) is 0 Å². The first kappa shape index (κ1) is 16.8. The van der Waals surface area contributed by atoms with Crippen molar-refractivity contribution in [2.45, 2.75) is 26.2 Å². The Morgan fingerprint density at radius 2 is 2.12 bits per heavy atom. The van der Waals surface area contributed by atoms with Gasteiger partial charge in [-0.1, -0.05) is 18.0 Å². The Bertz CT molecular complexity index is 721. The van der Waals surface area contributed by atoms with E-state index in [0.29, 0.717) is 18.7 Å². The summed E-state index contributed by atoms with van der Waals surface area (Å²) in [5.74, 6) is -1.35. The van der Waals surface area contributed by atoms with Crippen LogP contribution in [-0.2, 0) is 9.59 Å². The summed E-state index contributed by atoms with van der Waals surface area (Å²) in [6, 6.07) is 4.72. The van der Waals surface area contributed by atoms with Crippen molar-refractivity contribution < 1.29 is 19.5 Å². The number of carbonyl (C=O) groups excluding carboxylic acids is 2. The molecule has 0 aromatic heterocycles. The minimum Gasteiger partial charge on any atom is -0.481 e. The van der Waals surface area contributed by atoms with Gasteiger partial charge in [-0.15, -0.1) is 0 Å². The fourth-order valence-electron chi connectivity index (χ4n) is 3.93. The van der Waals surface area contributed by atoms with E-state index in [1.54, 1.807) is 17.0 Å². The molecule has 2 N–H and O–H groups in total. The predicted molar refractivity (Wildman–Crippen MR) is 89.1 cm³/mol. The first-order chi connectivity index (χ1) is 11.3. The van der Waals surface area contributed by atoms with Gasteiger partial charge < -0.3 is 15.3 Å². The number of carboxylic acids is 1. The van der Waals surface area contributed by atoms with Gasteiger partial charge in [-0.2, -0.15) is 0 Å². The fourth-order valence-corrected chi connectivity index (χ4v) is 4.13. The zero-order valence-corrected chi connectivity index (χ0v) is 14.1. The molecular formula is C17H19ClN2O4. The summed E-state index contributed by atoms with van der Waals surface area (Å²) >= 11 is 6.15. The Hall–Kier alpha value is -2.08. The van der Waals surface area contributed by atoms with Gasteiger partial charge in [0.05, 0.1) is 16.0 Å². The number of carboxylic acid groups (broad SMARTS) is 1. The molecule has 0 bridgehead atoms. The highest BCUT2D eigenvalue weighted by atomic mass is 35.5. The normalized spacial score (nSPS) is 25.4. The largest absolute Gasteiger partial charge is 0.481 e. The summed E-state index contributed by atoms with van der Waals surface area (Å²) in [5, 5.41) is 12.5. The number of likely N-dealkylation sites (tertiary alicyclic amines) is 1. The second-order valence-corrected chi connectivity index (χ2v) is 7.02. The Morgan fingerprint density at radius 3 is 2.75 bits per heavy atom. The standard InChI is InChI=1S/C17H19ClN2O4/c1-10(21)19-12-4-5-14(18)13(7-12)15(22)20-8-11-3-2-6-17(11,9-20)16(23)24/h4-5,7,11H,2-3,6,8-9H2,1H3,(H,19,21)(H,23,24)/t11-,17+/m0/s1. The van der Waals surface area contributed by atoms with E-state index in [2.05, 4.69) is 5.32 Å². The van der Waals surface area contributed by atoms with Crippen molar-refractivity contribution in [1.29, 1.82) is 0 Å². The molecule has 7 heteroatoms. The molecule has 0 spiro atoms. The molecule has 1 saturated carbocycles. The maximum absolute atomic E-state index is 12.8. The average molecular weight is 351 g/mol. The molecule has 1 saturated heterocycles. The van der Waals surface area contributed by atoms with Gasteiger partial charge in [0.15, 0.2) is 0 Å². The number of fused-ring (bicyclic) bond motifs is 1. The number of halogens is 1. The SMILES string of the molecule is CC(=O)Nc1ccc(Cl)c(C(=O)N2C[C@@H]3CCC[C@@]3(C(=O)O)C2)c1. The number of amides is 2. The Labute approximate surface area is 144 Å². The van der Waals surface area contributed by atoms with Crippen LogP contribution in [0.4, 0.5) is 5.69 Å². The van der Waals surface area contributed by atoms with Gasteiger partial charge in [0, 0.05) is 25.7 Å². The van der Waals surface area contributed by atoms with Crippen LogP contribution in [-0.4, -0.2) is 40.9 Å². The van der Waals surface area contributed by atoms with Gasteiger partial charge in [0.2, 0.25) is 5.91 Å². The topological polar surface area (TPSA) is 86.7 Å². The monoisotopic (exact) mass is 350 g/mol. The predicted octanol–water partition coefficient (Wildman–Crippen LogP) is 2.63. The molecular weight excluding hydrogens is 332 g/mol. The smallest absolute Gasteiger partial charge is 0.311 e. The van der Waals surface area contributed by atoms with Crippen LogP contribution in [0.15, 0.2) is 18.2 Å². The lowest BCUT2D eigenvalue weighted by molar-refractivity contribution is -0.149. The molecule has 6 nitrogen and oxygen atoms in total. The van der Waals surface area contributed by atoms with Gasteiger partial charge in [-0.3, -0.25) is 14.4 Å². The lowest BCUT2D eigenvalue weighted by Crippen LogP contribution is -2.37. The molecule has 1 heterocycles. The molecule has 0 unspecified atom stereocenters. The van der Waals surface area contributed by atoms with E-state index in [1.807, 2.05) is 0 Å². The zero-order valence-electron chi connectivity index (χ0n) is 13.3. The van der Waals surface area contributed by atoms with Crippen LogP contribution in [0.2, 0.25) is 5.02 Å². The van der Waals surface area contributed by atoms with Crippen LogP contribution in [0.25, 0.3) is 0 Å². The van der Waals surface area contributed by atoms with Gasteiger partial charge in [0.1, 0.15) is 0 Å². The number of nitrogens with one attached hydrogen (secondary N) is 1. The Morgan fingerprint density at radius 1 is 1.38 bits per heavy atom. The number of benzene rings is 1. The van der Waals surface area contributed by atoms with Crippen molar-refractivity contribution in [3.63, 3.8) is 0 Å². The van der Waals surface area contributed by atoms with E-state index in [1.165, 1.54) is 13.0 Å². The summed E-state index contributed by atoms with van der Waals surface area (Å²) in [6.07, 6.45) is 2.32. The molecule has 0 radical (unpaired) electrons. The van der Waals surface area contributed by atoms with Crippen LogP contribution in [0.5, 0.6) is 0 Å². The molecule has 2 amide bonds. The van der Waals surface area contributed by atoms with Gasteiger partial charge in [-0.05, 0) is 37.0 Å². The number of anilines is 1. The Kier molecular flexibility index (Phi) is 4.25. The van der Waals surface area contributed by atoms with Crippen LogP contribution < -0.4 is 5.32 Å². The lowest BCUT2D eigenvalue weighted by Gasteiger charge is -2.23. The van der Waals surface area contributed by atoms with Crippen molar-refractivity contribution in [3.05, 3.63) is 28.8 Å². The molecule has 2 fully saturated rings. The summed E-state index contributed by atoms with van der Waals surface area (Å²) in [5.41, 5.74) is -0.0526. The number of carbonyl (C=O) groups is 3. The number of nitrogens with zero attached hydrogens (tertiary/aromatic N) is 1. The molecule has 2 atom stereocenters. The van der Waals surface area contributed by atoms with Gasteiger partial charge in [-0.25, -0.2) is 0 Å². The molecule has 3 rings (SSSR count). The molecule has 2 aliphatic rings. The molecule has 1 aliphatic heterocycles. The second kappa shape index (κ2) is 6.09. The highest BCUT2D eigenvalue weighted by Gasteiger charge is 2.55. The van der Waals surface area contributed by atoms with Crippen LogP contribution >= 0.6 is 11.6 Å². The van der Waals surface area contributed by atoms with Crippen molar-refractivity contribution in [1.82, 2.24) is 4.90 Å². The number of aliphatic carboxylic acids is 1. The lowest BCUT2D eigenvalue weighted by atomic mass is 9.81. The van der Waals surface area contributed by atoms with Gasteiger partial charge in [0.25, 0.3) is 5.91 Å². The van der Waals surface area contributed by atoms with E-state index < -0.39 is 11.4 Å². The van der Waals surface area contributed by atoms with Crippen molar-refractivity contribution >= 4 is 35.1 Å². The van der Waals surface area contributed by atoms with Crippen LogP contribution in [0, 0.1) is 11.3 Å². The first-order valence-electron chi connectivity index (χ1n) is 7.93. The fraction of sp³-hybridized carbons (Fsp3) is 0.471. The van der Waals surface area contributed by atoms with E-state index in [-0.39, 0.29) is 34.9 Å². The van der Waals surface area contributed by atoms with E-state index in [0.717, 1.165) is 12.8 Å². The summed E-state index contributed by atoms with van der Waals surface area (Å²) in [7, 11) is 0. The van der Waals surface area contributed by atoms with Crippen molar-refractivity contribution in [2.24, 2.45) is 11.3 Å². The van der Waals surface area contributed by atoms with Crippen molar-refractivity contribution in [2.75, 3.05) is 18.4 Å². The maximum Gasteiger partial charge on any atom is 0.311 e. The minimum atomic E-state index is -0.822.